The maximum Gasteiger partial charge on any atom is 0.231 e. The monoisotopic (exact) mass is 326 g/mol. The van der Waals surface area contributed by atoms with Gasteiger partial charge in [0.05, 0.1) is 23.7 Å². The van der Waals surface area contributed by atoms with Crippen molar-refractivity contribution in [3.63, 3.8) is 0 Å². The molecule has 8 atom stereocenters. The van der Waals surface area contributed by atoms with E-state index < -0.39 is 0 Å². The molecule has 124 valence electrons. The molecule has 2 saturated heterocycles. The van der Waals surface area contributed by atoms with E-state index >= 15 is 0 Å². The molecule has 4 fully saturated rings. The number of allylic oxidation sites excluding steroid dienone is 4. The van der Waals surface area contributed by atoms with Gasteiger partial charge >= 0.3 is 0 Å². The molecular formula is C18H18N2O4. The summed E-state index contributed by atoms with van der Waals surface area (Å²) in [7, 11) is 0. The molecule has 6 rings (SSSR count). The van der Waals surface area contributed by atoms with Gasteiger partial charge in [-0.3, -0.25) is 29.8 Å². The van der Waals surface area contributed by atoms with Gasteiger partial charge in [0, 0.05) is 0 Å². The Hall–Kier alpha value is -2.24. The summed E-state index contributed by atoms with van der Waals surface area (Å²) in [6.07, 6.45) is 10.4. The van der Waals surface area contributed by atoms with Gasteiger partial charge in [-0.25, -0.2) is 0 Å². The van der Waals surface area contributed by atoms with Crippen molar-refractivity contribution in [3.05, 3.63) is 24.3 Å². The SMILES string of the molecule is O=C1NC(=O)[C@H]2[C@@H]1[C@H]1C=C[C@@H]2C1.O=C1NC(=O)[C@H]2[C@@H]1[C@H]1C=C[C@@H]2C1. The molecular weight excluding hydrogens is 308 g/mol. The van der Waals surface area contributed by atoms with Gasteiger partial charge < -0.3 is 0 Å². The summed E-state index contributed by atoms with van der Waals surface area (Å²) in [6.45, 7) is 0. The van der Waals surface area contributed by atoms with Gasteiger partial charge in [0.1, 0.15) is 0 Å². The lowest BCUT2D eigenvalue weighted by molar-refractivity contribution is -0.128. The van der Waals surface area contributed by atoms with Crippen LogP contribution in [0, 0.1) is 47.3 Å². The first-order valence-corrected chi connectivity index (χ1v) is 8.60. The molecule has 2 heterocycles. The van der Waals surface area contributed by atoms with Crippen LogP contribution in [0.3, 0.4) is 0 Å². The average molecular weight is 326 g/mol. The van der Waals surface area contributed by atoms with E-state index in [1.165, 1.54) is 0 Å². The minimum atomic E-state index is -0.0538. The highest BCUT2D eigenvalue weighted by atomic mass is 16.2. The fourth-order valence-corrected chi connectivity index (χ4v) is 5.65. The summed E-state index contributed by atoms with van der Waals surface area (Å²) in [5.41, 5.74) is 0. The Labute approximate surface area is 138 Å². The average Bonchev–Trinajstić information content (AvgIpc) is 3.34. The van der Waals surface area contributed by atoms with E-state index in [-0.39, 0.29) is 47.3 Å². The number of imide groups is 2. The summed E-state index contributed by atoms with van der Waals surface area (Å²) >= 11 is 0. The fraction of sp³-hybridized carbons (Fsp3) is 0.556. The van der Waals surface area contributed by atoms with Crippen LogP contribution in [-0.2, 0) is 19.2 Å². The van der Waals surface area contributed by atoms with Crippen molar-refractivity contribution < 1.29 is 19.2 Å². The Balaban J connectivity index is 0.000000109. The van der Waals surface area contributed by atoms with Crippen molar-refractivity contribution in [2.75, 3.05) is 0 Å². The molecule has 4 bridgehead atoms. The first-order valence-electron chi connectivity index (χ1n) is 8.60. The zero-order valence-electron chi connectivity index (χ0n) is 13.0. The van der Waals surface area contributed by atoms with Crippen molar-refractivity contribution in [2.24, 2.45) is 47.3 Å². The van der Waals surface area contributed by atoms with Crippen LogP contribution < -0.4 is 10.6 Å². The van der Waals surface area contributed by atoms with Crippen LogP contribution in [0.25, 0.3) is 0 Å². The van der Waals surface area contributed by atoms with Crippen LogP contribution in [0.15, 0.2) is 24.3 Å². The summed E-state index contributed by atoms with van der Waals surface area (Å²) in [6, 6.07) is 0. The number of hydrogen-bond acceptors (Lipinski definition) is 4. The highest BCUT2D eigenvalue weighted by Crippen LogP contribution is 2.51. The molecule has 0 aromatic heterocycles. The molecule has 2 N–H and O–H groups in total. The fourth-order valence-electron chi connectivity index (χ4n) is 5.65. The normalized spacial score (nSPS) is 48.3. The number of fused-ring (bicyclic) bond motifs is 10. The maximum atomic E-state index is 11.3. The van der Waals surface area contributed by atoms with Crippen LogP contribution >= 0.6 is 0 Å². The first-order chi connectivity index (χ1) is 11.5. The molecule has 0 aromatic rings. The molecule has 0 unspecified atom stereocenters. The van der Waals surface area contributed by atoms with Gasteiger partial charge in [0.2, 0.25) is 23.6 Å². The minimum Gasteiger partial charge on any atom is -0.296 e. The largest absolute Gasteiger partial charge is 0.296 e. The van der Waals surface area contributed by atoms with E-state index in [0.29, 0.717) is 23.7 Å². The van der Waals surface area contributed by atoms with Crippen LogP contribution in [-0.4, -0.2) is 23.6 Å². The molecule has 6 nitrogen and oxygen atoms in total. The van der Waals surface area contributed by atoms with Crippen LogP contribution in [0.4, 0.5) is 0 Å². The van der Waals surface area contributed by atoms with Crippen molar-refractivity contribution in [3.8, 4) is 0 Å². The number of carbonyl (C=O) groups excluding carboxylic acids is 4. The highest BCUT2D eigenvalue weighted by molar-refractivity contribution is 6.07. The molecule has 0 radical (unpaired) electrons. The lowest BCUT2D eigenvalue weighted by Gasteiger charge is -2.14. The van der Waals surface area contributed by atoms with E-state index in [1.54, 1.807) is 0 Å². The molecule has 4 aliphatic carbocycles. The molecule has 24 heavy (non-hydrogen) atoms. The predicted molar refractivity (Wildman–Crippen MR) is 81.7 cm³/mol. The van der Waals surface area contributed by atoms with E-state index in [2.05, 4.69) is 34.9 Å². The van der Waals surface area contributed by atoms with E-state index in [0.717, 1.165) is 12.8 Å². The summed E-state index contributed by atoms with van der Waals surface area (Å²) in [5, 5.41) is 4.80. The minimum absolute atomic E-state index is 0.0347. The molecule has 0 spiro atoms. The molecule has 6 aliphatic rings. The standard InChI is InChI=1S/2C9H9NO2/c2*11-8-6-4-1-2-5(3-4)7(6)9(12)10-8/h2*1-2,4-7H,3H2,(H,10,11,12)/t2*4-,5+,6-,7+. The third-order valence-electron chi connectivity index (χ3n) is 6.62. The van der Waals surface area contributed by atoms with Crippen molar-refractivity contribution in [2.45, 2.75) is 12.8 Å². The van der Waals surface area contributed by atoms with Crippen molar-refractivity contribution in [1.29, 1.82) is 0 Å². The molecule has 2 saturated carbocycles. The van der Waals surface area contributed by atoms with Gasteiger partial charge in [0.25, 0.3) is 0 Å². The van der Waals surface area contributed by atoms with E-state index in [9.17, 15) is 19.2 Å². The van der Waals surface area contributed by atoms with Gasteiger partial charge in [0.15, 0.2) is 0 Å². The zero-order chi connectivity index (χ0) is 16.6. The predicted octanol–water partition coefficient (Wildman–Crippen LogP) is 0.162. The number of rotatable bonds is 0. The van der Waals surface area contributed by atoms with Crippen LogP contribution in [0.2, 0.25) is 0 Å². The zero-order valence-corrected chi connectivity index (χ0v) is 13.0. The molecule has 2 aliphatic heterocycles. The third kappa shape index (κ3) is 1.71. The van der Waals surface area contributed by atoms with Crippen LogP contribution in [0.1, 0.15) is 12.8 Å². The smallest absolute Gasteiger partial charge is 0.231 e. The number of hydrogen-bond donors (Lipinski definition) is 2. The second kappa shape index (κ2) is 4.65. The lowest BCUT2D eigenvalue weighted by Crippen LogP contribution is -2.25. The van der Waals surface area contributed by atoms with Gasteiger partial charge in [-0.2, -0.15) is 0 Å². The van der Waals surface area contributed by atoms with Gasteiger partial charge in [-0.05, 0) is 36.5 Å². The van der Waals surface area contributed by atoms with Crippen LogP contribution in [0.5, 0.6) is 0 Å². The summed E-state index contributed by atoms with van der Waals surface area (Å²) in [5.74, 6) is 1.00. The number of amides is 4. The highest BCUT2D eigenvalue weighted by Gasteiger charge is 2.56. The quantitative estimate of drug-likeness (QED) is 0.490. The Bertz CT molecular complexity index is 621. The summed E-state index contributed by atoms with van der Waals surface area (Å²) in [4.78, 5) is 45.2. The molecule has 4 amide bonds. The van der Waals surface area contributed by atoms with E-state index in [4.69, 9.17) is 0 Å². The Morgan fingerprint density at radius 3 is 1.04 bits per heavy atom. The van der Waals surface area contributed by atoms with Crippen molar-refractivity contribution >= 4 is 23.6 Å². The second-order valence-corrected chi connectivity index (χ2v) is 7.71. The third-order valence-corrected chi connectivity index (χ3v) is 6.62. The Morgan fingerprint density at radius 2 is 0.792 bits per heavy atom. The lowest BCUT2D eigenvalue weighted by atomic mass is 9.85. The topological polar surface area (TPSA) is 92.3 Å². The van der Waals surface area contributed by atoms with Gasteiger partial charge in [-0.15, -0.1) is 0 Å². The second-order valence-electron chi connectivity index (χ2n) is 7.71. The first kappa shape index (κ1) is 14.1. The maximum absolute atomic E-state index is 11.3. The van der Waals surface area contributed by atoms with Crippen molar-refractivity contribution in [1.82, 2.24) is 10.6 Å². The molecule has 0 aromatic carbocycles. The Morgan fingerprint density at radius 1 is 0.542 bits per heavy atom. The Kier molecular flexibility index (Phi) is 2.74. The number of carbonyl (C=O) groups is 4. The molecule has 6 heteroatoms. The number of nitrogens with one attached hydrogen (secondary N) is 2. The summed E-state index contributed by atoms with van der Waals surface area (Å²) < 4.78 is 0. The van der Waals surface area contributed by atoms with E-state index in [1.807, 2.05) is 0 Å². The van der Waals surface area contributed by atoms with Gasteiger partial charge in [-0.1, -0.05) is 24.3 Å².